The summed E-state index contributed by atoms with van der Waals surface area (Å²) in [6, 6.07) is 4.51. The number of hydrogen-bond donors (Lipinski definition) is 2. The van der Waals surface area contributed by atoms with Crippen LogP contribution in [0.2, 0.25) is 5.02 Å². The molecule has 0 aliphatic heterocycles. The highest BCUT2D eigenvalue weighted by molar-refractivity contribution is 6.30. The number of hydrogen-bond acceptors (Lipinski definition) is 3. The summed E-state index contributed by atoms with van der Waals surface area (Å²) in [7, 11) is 0. The first-order valence-corrected chi connectivity index (χ1v) is 5.95. The number of nitrogens with two attached hydrogens (primary N) is 1. The molecule has 3 N–H and O–H groups in total. The Morgan fingerprint density at radius 2 is 2.22 bits per heavy atom. The van der Waals surface area contributed by atoms with E-state index in [0.717, 1.165) is 5.69 Å². The number of benzene rings is 1. The van der Waals surface area contributed by atoms with Crippen LogP contribution in [0.5, 0.6) is 0 Å². The topological polar surface area (TPSA) is 55.9 Å². The molecule has 6 heteroatoms. The highest BCUT2D eigenvalue weighted by atomic mass is 35.5. The van der Waals surface area contributed by atoms with Crippen LogP contribution in [0.15, 0.2) is 18.2 Å². The minimum atomic E-state index is -0.473. The number of aryl methyl sites for hydroxylation is 2. The summed E-state index contributed by atoms with van der Waals surface area (Å²) in [6.45, 7) is 4.46. The molecule has 0 spiro atoms. The lowest BCUT2D eigenvalue weighted by atomic mass is 10.3. The summed E-state index contributed by atoms with van der Waals surface area (Å²) >= 11 is 5.63. The van der Waals surface area contributed by atoms with Crippen LogP contribution in [-0.2, 0) is 6.54 Å². The lowest BCUT2D eigenvalue weighted by Crippen LogP contribution is -2.04. The van der Waals surface area contributed by atoms with Gasteiger partial charge in [0.15, 0.2) is 5.82 Å². The molecular weight excluding hydrogens is 255 g/mol. The molecule has 2 rings (SSSR count). The zero-order valence-corrected chi connectivity index (χ0v) is 10.9. The number of nitrogens with one attached hydrogen (secondary N) is 1. The van der Waals surface area contributed by atoms with Gasteiger partial charge in [0.2, 0.25) is 0 Å². The molecule has 0 fully saturated rings. The molecule has 0 amide bonds. The number of anilines is 3. The molecule has 0 radical (unpaired) electrons. The van der Waals surface area contributed by atoms with Gasteiger partial charge in [-0.25, -0.2) is 9.07 Å². The fourth-order valence-electron chi connectivity index (χ4n) is 1.67. The third kappa shape index (κ3) is 2.26. The van der Waals surface area contributed by atoms with Gasteiger partial charge in [0, 0.05) is 12.2 Å². The number of aromatic nitrogens is 2. The summed E-state index contributed by atoms with van der Waals surface area (Å²) in [5.74, 6) is 0.191. The molecule has 0 aliphatic carbocycles. The lowest BCUT2D eigenvalue weighted by Gasteiger charge is -2.09. The van der Waals surface area contributed by atoms with E-state index >= 15 is 0 Å². The van der Waals surface area contributed by atoms with Crippen molar-refractivity contribution < 1.29 is 4.39 Å². The van der Waals surface area contributed by atoms with E-state index in [1.807, 2.05) is 13.8 Å². The van der Waals surface area contributed by atoms with Crippen LogP contribution in [0.4, 0.5) is 21.6 Å². The lowest BCUT2D eigenvalue weighted by molar-refractivity contribution is 0.628. The maximum Gasteiger partial charge on any atom is 0.152 e. The highest BCUT2D eigenvalue weighted by Crippen LogP contribution is 2.27. The Bertz CT molecular complexity index is 580. The quantitative estimate of drug-likeness (QED) is 0.898. The first kappa shape index (κ1) is 12.7. The van der Waals surface area contributed by atoms with Crippen molar-refractivity contribution in [1.29, 1.82) is 0 Å². The molecule has 96 valence electrons. The molecule has 2 aromatic rings. The number of nitrogens with zero attached hydrogens (tertiary/aromatic N) is 2. The van der Waals surface area contributed by atoms with Gasteiger partial charge in [-0.2, -0.15) is 5.10 Å². The fourth-order valence-corrected chi connectivity index (χ4v) is 1.78. The molecule has 1 aromatic heterocycles. The number of rotatable bonds is 3. The monoisotopic (exact) mass is 268 g/mol. The molecule has 18 heavy (non-hydrogen) atoms. The van der Waals surface area contributed by atoms with Gasteiger partial charge in [-0.05, 0) is 32.0 Å². The number of halogens is 2. The summed E-state index contributed by atoms with van der Waals surface area (Å²) in [5, 5.41) is 7.42. The van der Waals surface area contributed by atoms with Gasteiger partial charge in [-0.1, -0.05) is 11.6 Å². The Morgan fingerprint density at radius 1 is 1.50 bits per heavy atom. The second-order valence-electron chi connectivity index (χ2n) is 3.92. The van der Waals surface area contributed by atoms with Gasteiger partial charge in [0.05, 0.1) is 16.4 Å². The van der Waals surface area contributed by atoms with Gasteiger partial charge in [0.25, 0.3) is 0 Å². The van der Waals surface area contributed by atoms with E-state index in [2.05, 4.69) is 10.4 Å². The van der Waals surface area contributed by atoms with E-state index in [1.165, 1.54) is 12.1 Å². The minimum Gasteiger partial charge on any atom is -0.394 e. The van der Waals surface area contributed by atoms with E-state index in [0.29, 0.717) is 23.7 Å². The predicted molar refractivity (Wildman–Crippen MR) is 71.7 cm³/mol. The zero-order valence-electron chi connectivity index (χ0n) is 10.2. The van der Waals surface area contributed by atoms with E-state index in [1.54, 1.807) is 10.7 Å². The summed E-state index contributed by atoms with van der Waals surface area (Å²) in [4.78, 5) is 0. The SMILES string of the molecule is CCn1nc(C)c(N)c1Nc1ccc(Cl)c(F)c1. The Kier molecular flexibility index (Phi) is 3.43. The molecule has 4 nitrogen and oxygen atoms in total. The minimum absolute atomic E-state index is 0.0914. The van der Waals surface area contributed by atoms with Gasteiger partial charge in [-0.3, -0.25) is 0 Å². The normalized spacial score (nSPS) is 10.7. The molecule has 0 bridgehead atoms. The highest BCUT2D eigenvalue weighted by Gasteiger charge is 2.12. The van der Waals surface area contributed by atoms with Crippen LogP contribution < -0.4 is 11.1 Å². The Morgan fingerprint density at radius 3 is 2.83 bits per heavy atom. The van der Waals surface area contributed by atoms with E-state index in [4.69, 9.17) is 17.3 Å². The largest absolute Gasteiger partial charge is 0.394 e. The van der Waals surface area contributed by atoms with E-state index in [9.17, 15) is 4.39 Å². The van der Waals surface area contributed by atoms with Crippen molar-refractivity contribution in [1.82, 2.24) is 9.78 Å². The first-order chi connectivity index (χ1) is 8.52. The van der Waals surface area contributed by atoms with Gasteiger partial charge >= 0.3 is 0 Å². The van der Waals surface area contributed by atoms with Crippen molar-refractivity contribution in [2.24, 2.45) is 0 Å². The number of nitrogen functional groups attached to an aromatic ring is 1. The third-order valence-corrected chi connectivity index (χ3v) is 2.96. The fraction of sp³-hybridized carbons (Fsp3) is 0.250. The summed E-state index contributed by atoms with van der Waals surface area (Å²) in [6.07, 6.45) is 0. The average molecular weight is 269 g/mol. The predicted octanol–water partition coefficient (Wildman–Crippen LogP) is 3.33. The third-order valence-electron chi connectivity index (χ3n) is 2.66. The molecular formula is C12H14ClFN4. The van der Waals surface area contributed by atoms with Crippen LogP contribution in [0.3, 0.4) is 0 Å². The van der Waals surface area contributed by atoms with Crippen LogP contribution in [0.1, 0.15) is 12.6 Å². The first-order valence-electron chi connectivity index (χ1n) is 5.58. The van der Waals surface area contributed by atoms with Crippen LogP contribution >= 0.6 is 11.6 Å². The maximum absolute atomic E-state index is 13.3. The average Bonchev–Trinajstić information content (AvgIpc) is 2.61. The smallest absolute Gasteiger partial charge is 0.152 e. The maximum atomic E-state index is 13.3. The van der Waals surface area contributed by atoms with Crippen LogP contribution in [-0.4, -0.2) is 9.78 Å². The van der Waals surface area contributed by atoms with Crippen molar-refractivity contribution in [3.8, 4) is 0 Å². The molecule has 0 saturated carbocycles. The van der Waals surface area contributed by atoms with Crippen LogP contribution in [0, 0.1) is 12.7 Å². The molecule has 1 heterocycles. The Labute approximate surface area is 110 Å². The molecule has 0 atom stereocenters. The van der Waals surface area contributed by atoms with E-state index < -0.39 is 5.82 Å². The summed E-state index contributed by atoms with van der Waals surface area (Å²) in [5.41, 5.74) is 7.82. The second-order valence-corrected chi connectivity index (χ2v) is 4.32. The summed E-state index contributed by atoms with van der Waals surface area (Å²) < 4.78 is 15.1. The van der Waals surface area contributed by atoms with Gasteiger partial charge in [-0.15, -0.1) is 0 Å². The Balaban J connectivity index is 2.36. The molecule has 0 saturated heterocycles. The van der Waals surface area contributed by atoms with Crippen LogP contribution in [0.25, 0.3) is 0 Å². The Hall–Kier alpha value is -1.75. The molecule has 1 aromatic carbocycles. The van der Waals surface area contributed by atoms with Crippen molar-refractivity contribution in [3.63, 3.8) is 0 Å². The second kappa shape index (κ2) is 4.86. The standard InChI is InChI=1S/C12H14ClFN4/c1-3-18-12(11(15)7(2)17-18)16-8-4-5-9(13)10(14)6-8/h4-6,16H,3,15H2,1-2H3. The zero-order chi connectivity index (χ0) is 13.3. The van der Waals surface area contributed by atoms with Gasteiger partial charge < -0.3 is 11.1 Å². The molecule has 0 unspecified atom stereocenters. The van der Waals surface area contributed by atoms with Crippen molar-refractivity contribution >= 4 is 28.8 Å². The van der Waals surface area contributed by atoms with Crippen molar-refractivity contribution in [3.05, 3.63) is 34.7 Å². The van der Waals surface area contributed by atoms with Gasteiger partial charge in [0.1, 0.15) is 5.82 Å². The molecule has 0 aliphatic rings. The van der Waals surface area contributed by atoms with Crippen molar-refractivity contribution in [2.45, 2.75) is 20.4 Å². The van der Waals surface area contributed by atoms with Crippen molar-refractivity contribution in [2.75, 3.05) is 11.1 Å². The van der Waals surface area contributed by atoms with E-state index in [-0.39, 0.29) is 5.02 Å².